The van der Waals surface area contributed by atoms with Gasteiger partial charge in [0.1, 0.15) is 12.7 Å². The van der Waals surface area contributed by atoms with Crippen LogP contribution in [0, 0.1) is 0 Å². The van der Waals surface area contributed by atoms with Crippen LogP contribution in [-0.4, -0.2) is 60.4 Å². The lowest BCUT2D eigenvalue weighted by atomic mass is 9.95. The van der Waals surface area contributed by atoms with Gasteiger partial charge in [0.2, 0.25) is 0 Å². The molecule has 4 nitrogen and oxygen atoms in total. The van der Waals surface area contributed by atoms with Crippen LogP contribution in [0.5, 0.6) is 0 Å². The molecule has 154 valence electrons. The van der Waals surface area contributed by atoms with Crippen LogP contribution in [0.15, 0.2) is 12.7 Å². The van der Waals surface area contributed by atoms with E-state index in [0.29, 0.717) is 6.08 Å². The van der Waals surface area contributed by atoms with Crippen molar-refractivity contribution in [1.82, 2.24) is 0 Å². The number of carbonyl (C=O) groups excluding carboxylic acids is 1. The molecule has 0 spiro atoms. The van der Waals surface area contributed by atoms with Crippen molar-refractivity contribution in [1.29, 1.82) is 0 Å². The normalized spacial score (nSPS) is 15.5. The minimum absolute atomic E-state index is 0.514. The van der Waals surface area contributed by atoms with Crippen LogP contribution < -0.4 is 0 Å². The van der Waals surface area contributed by atoms with Crippen molar-refractivity contribution in [3.63, 3.8) is 0 Å². The van der Waals surface area contributed by atoms with Gasteiger partial charge in [-0.2, -0.15) is 43.9 Å². The molecule has 0 rings (SSSR count). The summed E-state index contributed by atoms with van der Waals surface area (Å²) in [5, 5.41) is 8.99. The summed E-state index contributed by atoms with van der Waals surface area (Å²) < 4.78 is 146. The zero-order valence-corrected chi connectivity index (χ0v) is 12.1. The highest BCUT2D eigenvalue weighted by molar-refractivity contribution is 5.81. The van der Waals surface area contributed by atoms with Crippen molar-refractivity contribution in [2.45, 2.75) is 36.2 Å². The number of alkyl halides is 11. The van der Waals surface area contributed by atoms with Gasteiger partial charge in [-0.1, -0.05) is 6.58 Å². The molecule has 0 fully saturated rings. The van der Waals surface area contributed by atoms with Gasteiger partial charge in [-0.25, -0.2) is 9.18 Å². The molecular formula is C11H9F11O4. The van der Waals surface area contributed by atoms with Crippen molar-refractivity contribution in [2.24, 2.45) is 0 Å². The Morgan fingerprint density at radius 3 is 1.69 bits per heavy atom. The molecule has 1 atom stereocenters. The molecule has 15 heteroatoms. The molecule has 0 aliphatic heterocycles. The molecule has 1 N–H and O–H groups in total. The van der Waals surface area contributed by atoms with Crippen molar-refractivity contribution >= 4 is 5.97 Å². The quantitative estimate of drug-likeness (QED) is 0.377. The first-order valence-corrected chi connectivity index (χ1v) is 6.04. The number of esters is 1. The van der Waals surface area contributed by atoms with Gasteiger partial charge >= 0.3 is 36.0 Å². The average molecular weight is 414 g/mol. The third-order valence-electron chi connectivity index (χ3n) is 2.62. The highest BCUT2D eigenvalue weighted by Crippen LogP contribution is 2.59. The van der Waals surface area contributed by atoms with Crippen LogP contribution in [0.3, 0.4) is 0 Å². The molecule has 0 aliphatic rings. The van der Waals surface area contributed by atoms with Crippen LogP contribution in [0.2, 0.25) is 0 Å². The van der Waals surface area contributed by atoms with Gasteiger partial charge in [0.05, 0.1) is 6.61 Å². The number of aliphatic hydroxyl groups excluding tert-OH is 1. The van der Waals surface area contributed by atoms with E-state index in [2.05, 4.69) is 16.1 Å². The maximum absolute atomic E-state index is 13.2. The number of ether oxygens (including phenoxy) is 2. The predicted molar refractivity (Wildman–Crippen MR) is 59.0 cm³/mol. The standard InChI is InChI=1S/C11H9F11O4/c1-2-6(24)25-3-5(23)4-26-11(21,22)8(13,14)7(12,9(15,16)17)10(18,19)20/h2,5,23H,1,3-4H2. The summed E-state index contributed by atoms with van der Waals surface area (Å²) in [5.41, 5.74) is -7.66. The molecule has 0 heterocycles. The zero-order valence-electron chi connectivity index (χ0n) is 12.1. The van der Waals surface area contributed by atoms with E-state index in [-0.39, 0.29) is 0 Å². The van der Waals surface area contributed by atoms with Gasteiger partial charge in [0.15, 0.2) is 0 Å². The third-order valence-corrected chi connectivity index (χ3v) is 2.62. The van der Waals surface area contributed by atoms with Crippen molar-refractivity contribution in [3.05, 3.63) is 12.7 Å². The fourth-order valence-electron chi connectivity index (χ4n) is 1.29. The first-order valence-electron chi connectivity index (χ1n) is 6.04. The summed E-state index contributed by atoms with van der Waals surface area (Å²) in [6, 6.07) is 0. The van der Waals surface area contributed by atoms with Gasteiger partial charge in [-0.15, -0.1) is 0 Å². The molecule has 0 radical (unpaired) electrons. The Morgan fingerprint density at radius 1 is 0.923 bits per heavy atom. The monoisotopic (exact) mass is 414 g/mol. The Kier molecular flexibility index (Phi) is 7.06. The highest BCUT2D eigenvalue weighted by Gasteiger charge is 2.90. The average Bonchev–Trinajstić information content (AvgIpc) is 2.46. The summed E-state index contributed by atoms with van der Waals surface area (Å²) in [5.74, 6) is -8.70. The van der Waals surface area contributed by atoms with Crippen LogP contribution in [0.25, 0.3) is 0 Å². The molecule has 0 aliphatic carbocycles. The maximum atomic E-state index is 13.2. The van der Waals surface area contributed by atoms with Crippen molar-refractivity contribution in [3.8, 4) is 0 Å². The first kappa shape index (κ1) is 24.4. The fourth-order valence-corrected chi connectivity index (χ4v) is 1.29. The molecule has 0 bridgehead atoms. The topological polar surface area (TPSA) is 55.8 Å². The van der Waals surface area contributed by atoms with Crippen molar-refractivity contribution in [2.75, 3.05) is 13.2 Å². The highest BCUT2D eigenvalue weighted by atomic mass is 19.4. The number of rotatable bonds is 8. The minimum Gasteiger partial charge on any atom is -0.460 e. The van der Waals surface area contributed by atoms with Crippen molar-refractivity contribution < 1.29 is 67.7 Å². The molecule has 0 aromatic rings. The Balaban J connectivity index is 5.47. The Morgan fingerprint density at radius 2 is 1.35 bits per heavy atom. The first-order chi connectivity index (χ1) is 11.3. The summed E-state index contributed by atoms with van der Waals surface area (Å²) in [4.78, 5) is 10.6. The zero-order chi connectivity index (χ0) is 21.2. The molecule has 0 saturated carbocycles. The van der Waals surface area contributed by atoms with Crippen LogP contribution in [0.1, 0.15) is 0 Å². The van der Waals surface area contributed by atoms with E-state index < -0.39 is 55.3 Å². The second kappa shape index (κ2) is 7.54. The molecule has 26 heavy (non-hydrogen) atoms. The Hall–Kier alpha value is -1.64. The van der Waals surface area contributed by atoms with Gasteiger partial charge < -0.3 is 14.6 Å². The van der Waals surface area contributed by atoms with Gasteiger partial charge in [-0.3, -0.25) is 0 Å². The fraction of sp³-hybridized carbons (Fsp3) is 0.727. The molecule has 1 unspecified atom stereocenters. The van der Waals surface area contributed by atoms with Crippen LogP contribution in [-0.2, 0) is 14.3 Å². The molecule has 0 aromatic heterocycles. The Labute approximate surface area is 137 Å². The number of hydrogen-bond donors (Lipinski definition) is 1. The summed E-state index contributed by atoms with van der Waals surface area (Å²) >= 11 is 0. The van der Waals surface area contributed by atoms with Gasteiger partial charge in [0, 0.05) is 6.08 Å². The van der Waals surface area contributed by atoms with Gasteiger partial charge in [-0.05, 0) is 0 Å². The summed E-state index contributed by atoms with van der Waals surface area (Å²) in [7, 11) is 0. The van der Waals surface area contributed by atoms with E-state index in [9.17, 15) is 53.1 Å². The Bertz CT molecular complexity index is 497. The lowest BCUT2D eigenvalue weighted by Gasteiger charge is -2.39. The third kappa shape index (κ3) is 4.55. The largest absolute Gasteiger partial charge is 0.460 e. The maximum Gasteiger partial charge on any atom is 0.438 e. The van der Waals surface area contributed by atoms with E-state index in [4.69, 9.17) is 5.11 Å². The molecule has 0 saturated heterocycles. The second-order valence-corrected chi connectivity index (χ2v) is 4.54. The van der Waals surface area contributed by atoms with Crippen LogP contribution in [0.4, 0.5) is 48.3 Å². The lowest BCUT2D eigenvalue weighted by molar-refractivity contribution is -0.463. The van der Waals surface area contributed by atoms with Gasteiger partial charge in [0.25, 0.3) is 0 Å². The predicted octanol–water partition coefficient (Wildman–Crippen LogP) is 3.15. The number of carbonyl (C=O) groups is 1. The molecular weight excluding hydrogens is 405 g/mol. The second-order valence-electron chi connectivity index (χ2n) is 4.54. The molecule has 0 aromatic carbocycles. The number of aliphatic hydroxyl groups is 1. The van der Waals surface area contributed by atoms with E-state index in [1.807, 2.05) is 0 Å². The smallest absolute Gasteiger partial charge is 0.438 e. The number of halogens is 11. The van der Waals surface area contributed by atoms with E-state index in [1.165, 1.54) is 0 Å². The summed E-state index contributed by atoms with van der Waals surface area (Å²) in [6.07, 6.45) is -23.5. The minimum atomic E-state index is -7.66. The number of hydrogen-bond acceptors (Lipinski definition) is 4. The van der Waals surface area contributed by atoms with E-state index in [1.54, 1.807) is 0 Å². The molecule has 0 amide bonds. The summed E-state index contributed by atoms with van der Waals surface area (Å²) in [6.45, 7) is -0.378. The van der Waals surface area contributed by atoms with E-state index in [0.717, 1.165) is 0 Å². The lowest BCUT2D eigenvalue weighted by Crippen LogP contribution is -2.70. The van der Waals surface area contributed by atoms with E-state index >= 15 is 0 Å². The SMILES string of the molecule is C=CC(=O)OCC(O)COC(F)(F)C(F)(F)C(F)(C(F)(F)F)C(F)(F)F. The van der Waals surface area contributed by atoms with Crippen LogP contribution >= 0.6 is 0 Å².